The molecule has 23 heteroatoms. The number of hydrogen-bond acceptors (Lipinski definition) is 6. The highest BCUT2D eigenvalue weighted by molar-refractivity contribution is 7.18. The van der Waals surface area contributed by atoms with Gasteiger partial charge in [0.15, 0.2) is 0 Å². The summed E-state index contributed by atoms with van der Waals surface area (Å²) in [7, 11) is 0. The molecule has 0 aliphatic heterocycles. The van der Waals surface area contributed by atoms with Crippen molar-refractivity contribution in [3.8, 4) is 0 Å². The molecule has 0 saturated carbocycles. The van der Waals surface area contributed by atoms with Crippen molar-refractivity contribution in [3.05, 3.63) is 16.0 Å². The van der Waals surface area contributed by atoms with Crippen LogP contribution in [0.15, 0.2) is 0 Å². The fraction of sp³-hybridized carbons (Fsp3) is 0.650. The minimum absolute atomic E-state index is 0.225. The Bertz CT molecular complexity index is 1230. The second-order valence-corrected chi connectivity index (χ2v) is 9.05. The van der Waals surface area contributed by atoms with Crippen molar-refractivity contribution in [3.63, 3.8) is 0 Å². The summed E-state index contributed by atoms with van der Waals surface area (Å²) in [5, 5.41) is -0.692. The van der Waals surface area contributed by atoms with E-state index in [1.54, 1.807) is 0 Å². The molecule has 1 rings (SSSR count). The Hall–Kier alpha value is -3.01. The highest BCUT2D eigenvalue weighted by atomic mass is 32.1. The zero-order valence-corrected chi connectivity index (χ0v) is 21.8. The Morgan fingerprint density at radius 1 is 0.698 bits per heavy atom. The smallest absolute Gasteiger partial charge is 0.393 e. The molecule has 0 bridgehead atoms. The van der Waals surface area contributed by atoms with Gasteiger partial charge < -0.3 is 14.8 Å². The van der Waals surface area contributed by atoms with E-state index in [-0.39, 0.29) is 17.9 Å². The monoisotopic (exact) mass is 685 g/mol. The number of alkyl halides is 16. The quantitative estimate of drug-likeness (QED) is 0.178. The first kappa shape index (κ1) is 38.0. The number of halogens is 16. The van der Waals surface area contributed by atoms with Crippen LogP contribution in [-0.4, -0.2) is 78.9 Å². The van der Waals surface area contributed by atoms with Crippen LogP contribution in [0.25, 0.3) is 0 Å². The lowest BCUT2D eigenvalue weighted by Gasteiger charge is -2.42. The molecule has 0 atom stereocenters. The van der Waals surface area contributed by atoms with E-state index in [0.29, 0.717) is 5.32 Å². The van der Waals surface area contributed by atoms with Crippen LogP contribution in [0.2, 0.25) is 0 Å². The number of anilines is 1. The zero-order chi connectivity index (χ0) is 34.4. The predicted octanol–water partition coefficient (Wildman–Crippen LogP) is 7.06. The summed E-state index contributed by atoms with van der Waals surface area (Å²) in [5.74, 6) is -64.0. The van der Waals surface area contributed by atoms with Crippen LogP contribution in [0.5, 0.6) is 0 Å². The molecular formula is C20H15F16NO5S. The maximum absolute atomic E-state index is 14.3. The maximum atomic E-state index is 14.3. The van der Waals surface area contributed by atoms with Crippen LogP contribution in [0.4, 0.5) is 75.2 Å². The fourth-order valence-corrected chi connectivity index (χ4v) is 3.98. The lowest BCUT2D eigenvalue weighted by atomic mass is 9.89. The molecule has 43 heavy (non-hydrogen) atoms. The molecule has 0 saturated heterocycles. The first-order chi connectivity index (χ1) is 19.1. The van der Waals surface area contributed by atoms with Crippen LogP contribution < -0.4 is 5.32 Å². The lowest BCUT2D eigenvalue weighted by molar-refractivity contribution is -0.443. The summed E-state index contributed by atoms with van der Waals surface area (Å²) in [6, 6.07) is 0. The minimum Gasteiger partial charge on any atom is -0.462 e. The number of carbonyl (C=O) groups excluding carboxylic acids is 3. The molecule has 1 aromatic heterocycles. The van der Waals surface area contributed by atoms with Crippen molar-refractivity contribution >= 4 is 34.2 Å². The van der Waals surface area contributed by atoms with E-state index in [9.17, 15) is 84.6 Å². The third-order valence-electron chi connectivity index (χ3n) is 5.26. The van der Waals surface area contributed by atoms with Gasteiger partial charge in [0.05, 0.1) is 18.8 Å². The van der Waals surface area contributed by atoms with E-state index < -0.39 is 93.3 Å². The lowest BCUT2D eigenvalue weighted by Crippen LogP contribution is -2.74. The molecular weight excluding hydrogens is 670 g/mol. The number of ether oxygens (including phenoxy) is 2. The number of amides is 1. The molecule has 0 aromatic carbocycles. The SMILES string of the molecule is CCOC(=O)c1sc(NC(=O)C(F)(F)C(F)(F)C(F)(F)C(F)(F)C(F)(F)C(F)(F)C(F)(F)C(F)F)c(C(=O)OCC)c1C. The highest BCUT2D eigenvalue weighted by Crippen LogP contribution is 2.62. The van der Waals surface area contributed by atoms with Crippen LogP contribution in [0.1, 0.15) is 39.4 Å². The van der Waals surface area contributed by atoms with Crippen LogP contribution in [0, 0.1) is 6.92 Å². The summed E-state index contributed by atoms with van der Waals surface area (Å²) in [6.07, 6.45) is -5.99. The Labute approximate surface area is 232 Å². The van der Waals surface area contributed by atoms with Gasteiger partial charge in [-0.05, 0) is 26.3 Å². The van der Waals surface area contributed by atoms with E-state index in [1.165, 1.54) is 6.92 Å². The highest BCUT2D eigenvalue weighted by Gasteiger charge is 2.94. The summed E-state index contributed by atoms with van der Waals surface area (Å²) in [6.45, 7) is 2.38. The second-order valence-electron chi connectivity index (χ2n) is 8.03. The summed E-state index contributed by atoms with van der Waals surface area (Å²) in [5.41, 5.74) is -1.65. The molecule has 1 heterocycles. The van der Waals surface area contributed by atoms with E-state index in [4.69, 9.17) is 0 Å². The third-order valence-corrected chi connectivity index (χ3v) is 6.45. The number of carbonyl (C=O) groups is 3. The Morgan fingerprint density at radius 3 is 1.51 bits per heavy atom. The summed E-state index contributed by atoms with van der Waals surface area (Å²) >= 11 is -0.225. The standard InChI is InChI=1S/C20H15F16NO5S/c1-4-41-10(38)7-6(3)8(11(39)42-5-2)43-9(7)37-13(40)15(25,26)17(29,30)19(33,34)20(35,36)18(31,32)16(27,28)14(23,24)12(21)22/h12H,4-5H2,1-3H3,(H,37,40). The van der Waals surface area contributed by atoms with Gasteiger partial charge in [-0.1, -0.05) is 0 Å². The van der Waals surface area contributed by atoms with E-state index in [2.05, 4.69) is 9.47 Å². The van der Waals surface area contributed by atoms with Gasteiger partial charge in [-0.15, -0.1) is 11.3 Å². The Kier molecular flexibility index (Phi) is 10.5. The molecule has 0 fully saturated rings. The fourth-order valence-electron chi connectivity index (χ4n) is 2.90. The van der Waals surface area contributed by atoms with Crippen molar-refractivity contribution in [2.24, 2.45) is 0 Å². The van der Waals surface area contributed by atoms with Crippen molar-refractivity contribution < 1.29 is 94.1 Å². The largest absolute Gasteiger partial charge is 0.462 e. The van der Waals surface area contributed by atoms with Gasteiger partial charge in [0.2, 0.25) is 0 Å². The zero-order valence-electron chi connectivity index (χ0n) is 21.0. The van der Waals surface area contributed by atoms with Gasteiger partial charge in [-0.2, -0.15) is 61.5 Å². The molecule has 0 aliphatic rings. The summed E-state index contributed by atoms with van der Waals surface area (Å²) in [4.78, 5) is 35.4. The molecule has 1 amide bonds. The van der Waals surface area contributed by atoms with Crippen molar-refractivity contribution in [1.82, 2.24) is 0 Å². The molecule has 248 valence electrons. The molecule has 0 spiro atoms. The average Bonchev–Trinajstić information content (AvgIpc) is 3.18. The molecule has 1 aromatic rings. The van der Waals surface area contributed by atoms with Crippen molar-refractivity contribution in [2.45, 2.75) is 68.7 Å². The Morgan fingerprint density at radius 2 is 1.09 bits per heavy atom. The number of hydrogen-bond donors (Lipinski definition) is 1. The molecule has 0 unspecified atom stereocenters. The first-order valence-electron chi connectivity index (χ1n) is 10.8. The van der Waals surface area contributed by atoms with Gasteiger partial charge in [-0.3, -0.25) is 4.79 Å². The molecule has 0 radical (unpaired) electrons. The van der Waals surface area contributed by atoms with Gasteiger partial charge >= 0.3 is 65.7 Å². The van der Waals surface area contributed by atoms with E-state index >= 15 is 0 Å². The number of esters is 2. The van der Waals surface area contributed by atoms with Crippen molar-refractivity contribution in [1.29, 1.82) is 0 Å². The number of rotatable bonds is 13. The van der Waals surface area contributed by atoms with E-state index in [1.807, 2.05) is 0 Å². The average molecular weight is 685 g/mol. The summed E-state index contributed by atoms with van der Waals surface area (Å²) < 4.78 is 226. The maximum Gasteiger partial charge on any atom is 0.393 e. The van der Waals surface area contributed by atoms with Gasteiger partial charge in [-0.25, -0.2) is 18.4 Å². The van der Waals surface area contributed by atoms with Crippen LogP contribution in [-0.2, 0) is 14.3 Å². The molecule has 1 N–H and O–H groups in total. The number of thiophene rings is 1. The topological polar surface area (TPSA) is 81.7 Å². The Balaban J connectivity index is 3.71. The van der Waals surface area contributed by atoms with E-state index in [0.717, 1.165) is 13.8 Å². The molecule has 0 aliphatic carbocycles. The van der Waals surface area contributed by atoms with Gasteiger partial charge in [0.1, 0.15) is 9.88 Å². The first-order valence-corrected chi connectivity index (χ1v) is 11.6. The third kappa shape index (κ3) is 5.67. The predicted molar refractivity (Wildman–Crippen MR) is 110 cm³/mol. The van der Waals surface area contributed by atoms with Crippen molar-refractivity contribution in [2.75, 3.05) is 18.5 Å². The van der Waals surface area contributed by atoms with Crippen LogP contribution >= 0.6 is 11.3 Å². The normalized spacial score (nSPS) is 14.1. The van der Waals surface area contributed by atoms with Gasteiger partial charge in [0.25, 0.3) is 0 Å². The van der Waals surface area contributed by atoms with Crippen LogP contribution in [0.3, 0.4) is 0 Å². The van der Waals surface area contributed by atoms with Gasteiger partial charge in [0, 0.05) is 0 Å². The minimum atomic E-state index is -8.69. The molecule has 6 nitrogen and oxygen atoms in total. The second kappa shape index (κ2) is 11.8. The number of nitrogens with one attached hydrogen (secondary N) is 1.